The van der Waals surface area contributed by atoms with Crippen LogP contribution in [0.25, 0.3) is 0 Å². The van der Waals surface area contributed by atoms with Crippen LogP contribution in [0.4, 0.5) is 0 Å². The molecule has 2 heterocycles. The second-order valence-electron chi connectivity index (χ2n) is 12.9. The zero-order valence-electron chi connectivity index (χ0n) is 23.3. The standard InChI is InChI=1S/C32H40O6/c1-18-10-22(33)15-27-23(18)12-20-14-29(36)32(6)21(17-30(3,4)8-7-9-31(20,5)37-27)13-24-19(2)11-25(34)26(35)16-28(24)38-32/h7-8,10-11,15-16,20-21,29,33,36H,9,12-14,17H2,1-6H3,(H,34,35)/b8-7+/t20-,21+,29+,31-,32-/m1/s1. The highest BCUT2D eigenvalue weighted by atomic mass is 16.5. The molecule has 2 aromatic carbocycles. The van der Waals surface area contributed by atoms with Gasteiger partial charge in [0.05, 0.1) is 6.10 Å². The summed E-state index contributed by atoms with van der Waals surface area (Å²) < 4.78 is 13.3. The van der Waals surface area contributed by atoms with E-state index >= 15 is 0 Å². The van der Waals surface area contributed by atoms with Crippen LogP contribution in [-0.2, 0) is 12.8 Å². The van der Waals surface area contributed by atoms with Gasteiger partial charge in [0, 0.05) is 30.4 Å². The minimum Gasteiger partial charge on any atom is -0.508 e. The number of phenolic OH excluding ortho intramolecular Hbond substituents is 1. The maximum atomic E-state index is 12.3. The van der Waals surface area contributed by atoms with Crippen LogP contribution in [0.1, 0.15) is 69.2 Å². The van der Waals surface area contributed by atoms with Gasteiger partial charge in [-0.25, -0.2) is 0 Å². The van der Waals surface area contributed by atoms with Gasteiger partial charge < -0.3 is 24.8 Å². The van der Waals surface area contributed by atoms with Gasteiger partial charge in [-0.3, -0.25) is 4.79 Å². The predicted molar refractivity (Wildman–Crippen MR) is 147 cm³/mol. The fourth-order valence-electron chi connectivity index (χ4n) is 6.85. The highest BCUT2D eigenvalue weighted by molar-refractivity contribution is 5.48. The number of ether oxygens (including phenoxy) is 2. The van der Waals surface area contributed by atoms with E-state index < -0.39 is 22.7 Å². The largest absolute Gasteiger partial charge is 0.508 e. The Labute approximate surface area is 224 Å². The summed E-state index contributed by atoms with van der Waals surface area (Å²) in [5.74, 6) is 0.975. The van der Waals surface area contributed by atoms with Gasteiger partial charge in [-0.1, -0.05) is 26.0 Å². The first-order chi connectivity index (χ1) is 17.7. The zero-order valence-corrected chi connectivity index (χ0v) is 23.3. The molecule has 0 saturated heterocycles. The average molecular weight is 521 g/mol. The minimum atomic E-state index is -0.941. The van der Waals surface area contributed by atoms with Gasteiger partial charge in [0.1, 0.15) is 28.5 Å². The van der Waals surface area contributed by atoms with E-state index in [-0.39, 0.29) is 28.7 Å². The Morgan fingerprint density at radius 2 is 1.50 bits per heavy atom. The van der Waals surface area contributed by atoms with Crippen molar-refractivity contribution in [2.24, 2.45) is 17.3 Å². The second kappa shape index (κ2) is 9.04. The van der Waals surface area contributed by atoms with Crippen molar-refractivity contribution in [3.8, 4) is 23.0 Å². The number of rotatable bonds is 0. The van der Waals surface area contributed by atoms with Crippen LogP contribution in [0.2, 0.25) is 0 Å². The molecule has 2 aliphatic heterocycles. The van der Waals surface area contributed by atoms with E-state index in [9.17, 15) is 20.1 Å². The van der Waals surface area contributed by atoms with Crippen molar-refractivity contribution in [1.82, 2.24) is 0 Å². The molecule has 38 heavy (non-hydrogen) atoms. The molecule has 0 spiro atoms. The fraction of sp³-hybridized carbons (Fsp3) is 0.531. The number of hydrogen-bond acceptors (Lipinski definition) is 6. The third-order valence-electron chi connectivity index (χ3n) is 9.34. The Bertz CT molecular complexity index is 1360. The van der Waals surface area contributed by atoms with Crippen molar-refractivity contribution in [2.75, 3.05) is 0 Å². The third kappa shape index (κ3) is 4.57. The molecule has 0 unspecified atom stereocenters. The molecule has 0 bridgehead atoms. The Morgan fingerprint density at radius 1 is 0.868 bits per heavy atom. The Hall–Kier alpha value is -2.99. The van der Waals surface area contributed by atoms with E-state index in [1.54, 1.807) is 12.1 Å². The molecule has 6 heteroatoms. The number of hydrogen-bond donors (Lipinski definition) is 3. The summed E-state index contributed by atoms with van der Waals surface area (Å²) in [7, 11) is 0. The highest BCUT2D eigenvalue weighted by Gasteiger charge is 2.51. The van der Waals surface area contributed by atoms with E-state index in [1.807, 2.05) is 20.8 Å². The number of aromatic hydroxyl groups is 2. The molecular formula is C32H40O6. The van der Waals surface area contributed by atoms with E-state index in [2.05, 4.69) is 32.9 Å². The summed E-state index contributed by atoms with van der Waals surface area (Å²) in [4.78, 5) is 12.3. The molecule has 5 rings (SSSR count). The molecular weight excluding hydrogens is 480 g/mol. The molecule has 3 N–H and O–H groups in total. The molecule has 0 saturated carbocycles. The van der Waals surface area contributed by atoms with Crippen LogP contribution in [0.3, 0.4) is 0 Å². The summed E-state index contributed by atoms with van der Waals surface area (Å²) in [5.41, 5.74) is 1.58. The van der Waals surface area contributed by atoms with E-state index in [1.165, 1.54) is 12.1 Å². The lowest BCUT2D eigenvalue weighted by molar-refractivity contribution is -0.117. The fourth-order valence-corrected chi connectivity index (χ4v) is 6.85. The van der Waals surface area contributed by atoms with Crippen LogP contribution >= 0.6 is 0 Å². The molecule has 6 nitrogen and oxygen atoms in total. The average Bonchev–Trinajstić information content (AvgIpc) is 2.90. The van der Waals surface area contributed by atoms with Crippen molar-refractivity contribution in [2.45, 2.75) is 91.0 Å². The first-order valence-corrected chi connectivity index (χ1v) is 13.6. The molecule has 0 radical (unpaired) electrons. The summed E-state index contributed by atoms with van der Waals surface area (Å²) in [6.45, 7) is 12.3. The van der Waals surface area contributed by atoms with Gasteiger partial charge in [0.25, 0.3) is 0 Å². The van der Waals surface area contributed by atoms with E-state index in [4.69, 9.17) is 9.47 Å². The van der Waals surface area contributed by atoms with Crippen molar-refractivity contribution >= 4 is 0 Å². The zero-order chi connectivity index (χ0) is 27.6. The van der Waals surface area contributed by atoms with Crippen LogP contribution in [0.5, 0.6) is 23.0 Å². The number of aliphatic hydroxyl groups excluding tert-OH is 1. The normalized spacial score (nSPS) is 32.7. The van der Waals surface area contributed by atoms with Crippen LogP contribution in [0, 0.1) is 31.1 Å². The van der Waals surface area contributed by atoms with Gasteiger partial charge in [-0.15, -0.1) is 0 Å². The lowest BCUT2D eigenvalue weighted by Crippen LogP contribution is -2.57. The second-order valence-corrected chi connectivity index (χ2v) is 12.9. The topological polar surface area (TPSA) is 96.2 Å². The monoisotopic (exact) mass is 520 g/mol. The van der Waals surface area contributed by atoms with Gasteiger partial charge in [0.15, 0.2) is 5.75 Å². The van der Waals surface area contributed by atoms with Gasteiger partial charge in [-0.2, -0.15) is 0 Å². The smallest absolute Gasteiger partial charge is 0.220 e. The lowest BCUT2D eigenvalue weighted by atomic mass is 9.67. The molecule has 0 fully saturated rings. The van der Waals surface area contributed by atoms with Crippen LogP contribution < -0.4 is 14.9 Å². The van der Waals surface area contributed by atoms with Crippen LogP contribution in [0.15, 0.2) is 41.2 Å². The molecule has 0 aromatic heterocycles. The first-order valence-electron chi connectivity index (χ1n) is 13.6. The number of allylic oxidation sites excluding steroid dienone is 1. The van der Waals surface area contributed by atoms with E-state index in [0.717, 1.165) is 35.1 Å². The molecule has 1 aliphatic carbocycles. The number of benzene rings is 1. The highest BCUT2D eigenvalue weighted by Crippen LogP contribution is 2.50. The molecule has 5 atom stereocenters. The summed E-state index contributed by atoms with van der Waals surface area (Å²) >= 11 is 0. The molecule has 2 aromatic rings. The van der Waals surface area contributed by atoms with Gasteiger partial charge in [-0.05, 0) is 93.2 Å². The quantitative estimate of drug-likeness (QED) is 0.396. The molecule has 0 amide bonds. The lowest BCUT2D eigenvalue weighted by Gasteiger charge is -2.49. The van der Waals surface area contributed by atoms with Crippen molar-refractivity contribution in [3.05, 3.63) is 68.9 Å². The Balaban J connectivity index is 1.61. The summed E-state index contributed by atoms with van der Waals surface area (Å²) in [6.07, 6.45) is 6.91. The molecule has 204 valence electrons. The van der Waals surface area contributed by atoms with Gasteiger partial charge >= 0.3 is 0 Å². The summed E-state index contributed by atoms with van der Waals surface area (Å²) in [6, 6.07) is 6.33. The number of phenols is 1. The van der Waals surface area contributed by atoms with Crippen molar-refractivity contribution in [3.63, 3.8) is 0 Å². The predicted octanol–water partition coefficient (Wildman–Crippen LogP) is 5.52. The Kier molecular flexibility index (Phi) is 6.33. The molecule has 3 aliphatic rings. The van der Waals surface area contributed by atoms with Crippen LogP contribution in [-0.4, -0.2) is 32.6 Å². The summed E-state index contributed by atoms with van der Waals surface area (Å²) in [5, 5.41) is 32.5. The SMILES string of the molecule is Cc1cc(=O)c(O)cc2c1C[C@H]1CC(C)(C)/C=C/C[C@@]3(C)Oc4cc(O)cc(C)c4C[C@@H]3C[C@H](O)[C@]1(C)O2. The Morgan fingerprint density at radius 3 is 2.21 bits per heavy atom. The van der Waals surface area contributed by atoms with Crippen molar-refractivity contribution < 1.29 is 24.8 Å². The number of aliphatic hydroxyl groups is 1. The maximum Gasteiger partial charge on any atom is 0.220 e. The number of aryl methyl sites for hydroxylation is 2. The van der Waals surface area contributed by atoms with Crippen molar-refractivity contribution in [1.29, 1.82) is 0 Å². The first kappa shape index (κ1) is 26.6. The maximum absolute atomic E-state index is 12.3. The minimum absolute atomic E-state index is 0.00292. The van der Waals surface area contributed by atoms with Gasteiger partial charge in [0.2, 0.25) is 5.43 Å². The third-order valence-corrected chi connectivity index (χ3v) is 9.34. The van der Waals surface area contributed by atoms with E-state index in [0.29, 0.717) is 30.8 Å². The number of fused-ring (bicyclic) bond motifs is 4.